The molecular weight excluding hydrogens is 396 g/mol. The minimum atomic E-state index is -1.16. The molecule has 0 unspecified atom stereocenters. The van der Waals surface area contributed by atoms with E-state index >= 15 is 0 Å². The molecule has 1 atom stereocenters. The molecule has 0 aliphatic rings. The van der Waals surface area contributed by atoms with Crippen LogP contribution in [0.15, 0.2) is 83.3 Å². The summed E-state index contributed by atoms with van der Waals surface area (Å²) in [7, 11) is 1.22. The number of carboxylic acids is 1. The van der Waals surface area contributed by atoms with E-state index in [1.807, 2.05) is 60.7 Å². The number of aliphatic carboxylic acids is 1. The van der Waals surface area contributed by atoms with Crippen molar-refractivity contribution in [2.24, 2.45) is 0 Å². The quantitative estimate of drug-likeness (QED) is 0.487. The zero-order valence-corrected chi connectivity index (χ0v) is 16.8. The van der Waals surface area contributed by atoms with Gasteiger partial charge in [-0.05, 0) is 35.9 Å². The molecule has 4 rings (SSSR count). The molecule has 1 N–H and O–H groups in total. The Morgan fingerprint density at radius 3 is 2.35 bits per heavy atom. The van der Waals surface area contributed by atoms with E-state index in [0.29, 0.717) is 22.7 Å². The molecule has 31 heavy (non-hydrogen) atoms. The molecule has 7 heteroatoms. The van der Waals surface area contributed by atoms with Crippen LogP contribution in [0.1, 0.15) is 5.56 Å². The Bertz CT molecular complexity index is 1200. The van der Waals surface area contributed by atoms with Crippen molar-refractivity contribution in [2.45, 2.75) is 12.5 Å². The predicted molar refractivity (Wildman–Crippen MR) is 116 cm³/mol. The van der Waals surface area contributed by atoms with Crippen LogP contribution < -0.4 is 4.90 Å². The molecule has 1 aromatic heterocycles. The number of carbonyl (C=O) groups is 2. The Hall–Kier alpha value is -4.13. The first kappa shape index (κ1) is 20.2. The number of carbonyl (C=O) groups excluding carboxylic acids is 1. The predicted octanol–water partition coefficient (Wildman–Crippen LogP) is 4.76. The van der Waals surface area contributed by atoms with Gasteiger partial charge in [0, 0.05) is 12.0 Å². The van der Waals surface area contributed by atoms with E-state index in [4.69, 9.17) is 9.15 Å². The minimum Gasteiger partial charge on any atom is -0.480 e. The van der Waals surface area contributed by atoms with Gasteiger partial charge in [0.25, 0.3) is 0 Å². The van der Waals surface area contributed by atoms with Crippen LogP contribution >= 0.6 is 0 Å². The Balaban J connectivity index is 1.74. The molecule has 1 heterocycles. The highest BCUT2D eigenvalue weighted by molar-refractivity contribution is 5.97. The Morgan fingerprint density at radius 1 is 1.03 bits per heavy atom. The van der Waals surface area contributed by atoms with Crippen LogP contribution in [0.2, 0.25) is 0 Å². The molecule has 0 aliphatic carbocycles. The number of hydrogen-bond acceptors (Lipinski definition) is 5. The molecule has 0 fully saturated rings. The summed E-state index contributed by atoms with van der Waals surface area (Å²) >= 11 is 0. The first-order valence-corrected chi connectivity index (χ1v) is 9.66. The average molecular weight is 416 g/mol. The second-order valence-electron chi connectivity index (χ2n) is 6.92. The van der Waals surface area contributed by atoms with Crippen molar-refractivity contribution >= 4 is 28.8 Å². The van der Waals surface area contributed by atoms with Gasteiger partial charge in [0.1, 0.15) is 11.6 Å². The van der Waals surface area contributed by atoms with Crippen molar-refractivity contribution < 1.29 is 23.8 Å². The van der Waals surface area contributed by atoms with Crippen molar-refractivity contribution in [1.82, 2.24) is 4.98 Å². The van der Waals surface area contributed by atoms with Gasteiger partial charge in [-0.3, -0.25) is 4.90 Å². The summed E-state index contributed by atoms with van der Waals surface area (Å²) in [6, 6.07) is 22.3. The Kier molecular flexibility index (Phi) is 5.66. The van der Waals surface area contributed by atoms with Gasteiger partial charge in [-0.25, -0.2) is 14.6 Å². The summed E-state index contributed by atoms with van der Waals surface area (Å²) in [5.74, 6) is -0.698. The van der Waals surface area contributed by atoms with Crippen LogP contribution in [0, 0.1) is 0 Å². The standard InChI is InChI=1S/C24H20N2O5/c1-30-24(29)26(20(23(27)28)14-16-8-4-2-5-9-16)18-12-13-21-19(15-18)25-22(31-21)17-10-6-3-7-11-17/h2-13,15,20H,14H2,1H3,(H,27,28)/t20-/m1/s1. The number of amides is 1. The smallest absolute Gasteiger partial charge is 0.414 e. The zero-order chi connectivity index (χ0) is 21.8. The lowest BCUT2D eigenvalue weighted by Gasteiger charge is -2.27. The van der Waals surface area contributed by atoms with Crippen LogP contribution in [-0.2, 0) is 16.0 Å². The molecule has 0 bridgehead atoms. The van der Waals surface area contributed by atoms with E-state index in [-0.39, 0.29) is 6.42 Å². The fourth-order valence-electron chi connectivity index (χ4n) is 3.41. The van der Waals surface area contributed by atoms with E-state index in [1.54, 1.807) is 18.2 Å². The van der Waals surface area contributed by atoms with Gasteiger partial charge in [-0.15, -0.1) is 0 Å². The highest BCUT2D eigenvalue weighted by Gasteiger charge is 2.32. The number of benzene rings is 3. The number of ether oxygens (including phenoxy) is 1. The van der Waals surface area contributed by atoms with Gasteiger partial charge in [0.2, 0.25) is 5.89 Å². The molecule has 4 aromatic rings. The van der Waals surface area contributed by atoms with Crippen LogP contribution in [0.25, 0.3) is 22.6 Å². The first-order valence-electron chi connectivity index (χ1n) is 9.66. The lowest BCUT2D eigenvalue weighted by molar-refractivity contribution is -0.138. The maximum atomic E-state index is 12.6. The topological polar surface area (TPSA) is 92.9 Å². The van der Waals surface area contributed by atoms with Gasteiger partial charge < -0.3 is 14.3 Å². The summed E-state index contributed by atoms with van der Waals surface area (Å²) in [5.41, 5.74) is 3.00. The summed E-state index contributed by atoms with van der Waals surface area (Å²) in [6.45, 7) is 0. The number of oxazole rings is 1. The largest absolute Gasteiger partial charge is 0.480 e. The molecule has 0 saturated heterocycles. The number of aromatic nitrogens is 1. The average Bonchev–Trinajstić information content (AvgIpc) is 3.23. The van der Waals surface area contributed by atoms with Crippen molar-refractivity contribution in [3.05, 3.63) is 84.4 Å². The number of methoxy groups -OCH3 is 1. The van der Waals surface area contributed by atoms with Crippen molar-refractivity contribution in [3.8, 4) is 11.5 Å². The van der Waals surface area contributed by atoms with Crippen LogP contribution in [0.4, 0.5) is 10.5 Å². The Morgan fingerprint density at radius 2 is 1.71 bits per heavy atom. The van der Waals surface area contributed by atoms with Crippen molar-refractivity contribution in [1.29, 1.82) is 0 Å². The monoisotopic (exact) mass is 416 g/mol. The van der Waals surface area contributed by atoms with E-state index < -0.39 is 18.1 Å². The highest BCUT2D eigenvalue weighted by atomic mass is 16.5. The van der Waals surface area contributed by atoms with Crippen LogP contribution in [0.5, 0.6) is 0 Å². The van der Waals surface area contributed by atoms with E-state index in [0.717, 1.165) is 16.0 Å². The molecular formula is C24H20N2O5. The van der Waals surface area contributed by atoms with E-state index in [9.17, 15) is 14.7 Å². The molecule has 0 radical (unpaired) electrons. The summed E-state index contributed by atoms with van der Waals surface area (Å²) in [6.07, 6.45) is -0.647. The molecule has 0 spiro atoms. The zero-order valence-electron chi connectivity index (χ0n) is 16.8. The third kappa shape index (κ3) is 4.25. The first-order chi connectivity index (χ1) is 15.1. The molecule has 3 aromatic carbocycles. The summed E-state index contributed by atoms with van der Waals surface area (Å²) in [5, 5.41) is 9.89. The maximum absolute atomic E-state index is 12.6. The summed E-state index contributed by atoms with van der Waals surface area (Å²) < 4.78 is 10.7. The normalized spacial score (nSPS) is 11.8. The lowest BCUT2D eigenvalue weighted by atomic mass is 10.0. The molecule has 156 valence electrons. The van der Waals surface area contributed by atoms with Gasteiger partial charge in [0.05, 0.1) is 12.8 Å². The van der Waals surface area contributed by atoms with Crippen LogP contribution in [-0.4, -0.2) is 35.3 Å². The second kappa shape index (κ2) is 8.71. The van der Waals surface area contributed by atoms with Crippen molar-refractivity contribution in [3.63, 3.8) is 0 Å². The minimum absolute atomic E-state index is 0.122. The van der Waals surface area contributed by atoms with Gasteiger partial charge in [0.15, 0.2) is 5.58 Å². The number of rotatable bonds is 6. The number of hydrogen-bond donors (Lipinski definition) is 1. The Labute approximate surface area is 178 Å². The SMILES string of the molecule is COC(=O)N(c1ccc2oc(-c3ccccc3)nc2c1)[C@H](Cc1ccccc1)C(=O)O. The number of fused-ring (bicyclic) bond motifs is 1. The van der Waals surface area contributed by atoms with Crippen molar-refractivity contribution in [2.75, 3.05) is 12.0 Å². The maximum Gasteiger partial charge on any atom is 0.414 e. The molecule has 0 saturated carbocycles. The third-order valence-electron chi connectivity index (χ3n) is 4.91. The van der Waals surface area contributed by atoms with Gasteiger partial charge >= 0.3 is 12.1 Å². The number of anilines is 1. The van der Waals surface area contributed by atoms with Gasteiger partial charge in [-0.2, -0.15) is 0 Å². The fourth-order valence-corrected chi connectivity index (χ4v) is 3.41. The number of carboxylic acid groups (broad SMARTS) is 1. The molecule has 0 aliphatic heterocycles. The highest BCUT2D eigenvalue weighted by Crippen LogP contribution is 2.29. The summed E-state index contributed by atoms with van der Waals surface area (Å²) in [4.78, 5) is 30.4. The van der Waals surface area contributed by atoms with E-state index in [2.05, 4.69) is 4.98 Å². The third-order valence-corrected chi connectivity index (χ3v) is 4.91. The van der Waals surface area contributed by atoms with E-state index in [1.165, 1.54) is 7.11 Å². The number of nitrogens with zero attached hydrogens (tertiary/aromatic N) is 2. The van der Waals surface area contributed by atoms with Gasteiger partial charge in [-0.1, -0.05) is 48.5 Å². The fraction of sp³-hybridized carbons (Fsp3) is 0.125. The molecule has 1 amide bonds. The second-order valence-corrected chi connectivity index (χ2v) is 6.92. The molecule has 7 nitrogen and oxygen atoms in total. The lowest BCUT2D eigenvalue weighted by Crippen LogP contribution is -2.46. The van der Waals surface area contributed by atoms with Crippen LogP contribution in [0.3, 0.4) is 0 Å².